The van der Waals surface area contributed by atoms with Gasteiger partial charge in [-0.15, -0.1) is 0 Å². The van der Waals surface area contributed by atoms with E-state index in [0.717, 1.165) is 23.8 Å². The van der Waals surface area contributed by atoms with Gasteiger partial charge in [-0.2, -0.15) is 10.2 Å². The van der Waals surface area contributed by atoms with Crippen LogP contribution in [0.4, 0.5) is 14.6 Å². The van der Waals surface area contributed by atoms with Crippen LogP contribution in [0.15, 0.2) is 54.0 Å². The summed E-state index contributed by atoms with van der Waals surface area (Å²) in [5, 5.41) is 10.5. The number of carbonyl (C=O) groups is 1. The first-order valence-corrected chi connectivity index (χ1v) is 13.5. The molecule has 1 fully saturated rings. The molecule has 1 aromatic carbocycles. The summed E-state index contributed by atoms with van der Waals surface area (Å²) in [4.78, 5) is 43.5. The summed E-state index contributed by atoms with van der Waals surface area (Å²) in [6.07, 6.45) is 2.92. The van der Waals surface area contributed by atoms with Gasteiger partial charge < -0.3 is 9.80 Å². The number of aromatic nitrogens is 4. The first-order valence-electron chi connectivity index (χ1n) is 13.5. The Balaban J connectivity index is 1.86. The lowest BCUT2D eigenvalue weighted by Gasteiger charge is -2.40. The maximum atomic E-state index is 15.0. The van der Waals surface area contributed by atoms with Crippen LogP contribution in [0.5, 0.6) is 0 Å². The number of anilines is 1. The van der Waals surface area contributed by atoms with Crippen molar-refractivity contribution in [3.8, 4) is 23.0 Å². The second-order valence-electron chi connectivity index (χ2n) is 10.6. The molecule has 42 heavy (non-hydrogen) atoms. The predicted molar refractivity (Wildman–Crippen MR) is 155 cm³/mol. The Hall–Kier alpha value is -4.98. The van der Waals surface area contributed by atoms with E-state index in [1.54, 1.807) is 17.2 Å². The van der Waals surface area contributed by atoms with E-state index in [1.165, 1.54) is 16.7 Å². The third-order valence-corrected chi connectivity index (χ3v) is 7.46. The van der Waals surface area contributed by atoms with Crippen molar-refractivity contribution in [2.75, 3.05) is 24.5 Å². The van der Waals surface area contributed by atoms with Crippen LogP contribution in [0, 0.1) is 29.9 Å². The molecule has 1 aliphatic rings. The van der Waals surface area contributed by atoms with Crippen molar-refractivity contribution >= 4 is 22.8 Å². The fourth-order valence-corrected chi connectivity index (χ4v) is 5.41. The van der Waals surface area contributed by atoms with Gasteiger partial charge in [0.05, 0.1) is 28.0 Å². The number of amides is 1. The maximum absolute atomic E-state index is 15.0. The summed E-state index contributed by atoms with van der Waals surface area (Å²) in [6.45, 7) is 12.3. The normalized spacial score (nSPS) is 15.2. The van der Waals surface area contributed by atoms with Gasteiger partial charge in [-0.3, -0.25) is 9.78 Å². The zero-order valence-corrected chi connectivity index (χ0v) is 23.7. The summed E-state index contributed by atoms with van der Waals surface area (Å²) in [6, 6.07) is 8.01. The second-order valence-corrected chi connectivity index (χ2v) is 10.6. The molecule has 1 saturated heterocycles. The van der Waals surface area contributed by atoms with E-state index in [-0.39, 0.29) is 46.2 Å². The van der Waals surface area contributed by atoms with Crippen molar-refractivity contribution in [1.82, 2.24) is 24.4 Å². The lowest BCUT2D eigenvalue weighted by Crippen LogP contribution is -2.54. The van der Waals surface area contributed by atoms with Crippen molar-refractivity contribution in [2.45, 2.75) is 39.7 Å². The summed E-state index contributed by atoms with van der Waals surface area (Å²) >= 11 is 0. The molecule has 1 aliphatic heterocycles. The molecule has 11 heteroatoms. The number of nitriles is 1. The summed E-state index contributed by atoms with van der Waals surface area (Å²) < 4.78 is 30.6. The molecule has 9 nitrogen and oxygen atoms in total. The summed E-state index contributed by atoms with van der Waals surface area (Å²) in [5.74, 6) is -1.45. The van der Waals surface area contributed by atoms with Crippen LogP contribution >= 0.6 is 0 Å². The van der Waals surface area contributed by atoms with Gasteiger partial charge in [0, 0.05) is 37.4 Å². The number of hydrogen-bond donors (Lipinski definition) is 0. The molecule has 3 aromatic heterocycles. The smallest absolute Gasteiger partial charge is 0.350 e. The molecular weight excluding hydrogens is 540 g/mol. The molecular formula is C31H29F2N7O2. The molecule has 214 valence electrons. The third-order valence-electron chi connectivity index (χ3n) is 7.46. The van der Waals surface area contributed by atoms with Gasteiger partial charge >= 0.3 is 5.69 Å². The Morgan fingerprint density at radius 3 is 2.62 bits per heavy atom. The largest absolute Gasteiger partial charge is 0.355 e. The van der Waals surface area contributed by atoms with Crippen molar-refractivity contribution in [2.24, 2.45) is 0 Å². The lowest BCUT2D eigenvalue weighted by atomic mass is 10.0. The van der Waals surface area contributed by atoms with Gasteiger partial charge in [-0.1, -0.05) is 20.4 Å². The minimum atomic E-state index is -0.764. The number of pyridine rings is 2. The highest BCUT2D eigenvalue weighted by Gasteiger charge is 2.30. The van der Waals surface area contributed by atoms with Gasteiger partial charge in [-0.05, 0) is 61.7 Å². The van der Waals surface area contributed by atoms with Gasteiger partial charge in [0.15, 0.2) is 5.65 Å². The van der Waals surface area contributed by atoms with Crippen LogP contribution in [0.1, 0.15) is 43.5 Å². The number of hydrogen-bond acceptors (Lipinski definition) is 7. The maximum Gasteiger partial charge on any atom is 0.355 e. The van der Waals surface area contributed by atoms with Crippen molar-refractivity contribution in [1.29, 1.82) is 5.26 Å². The standard InChI is InChI=1S/C31H29F2N7O2/c1-6-25(41)38-11-12-39(19(5)16-38)29-23-13-20(15-34)27(22-14-21(32)7-8-24(22)33)36-30(23)40(31(42)37-29)28-18(4)9-10-35-26(28)17(2)3/h6-10,13-14,17,19H,1,11-12,16H2,2-5H3/t19-/m0/s1. The molecule has 1 atom stereocenters. The molecule has 4 heterocycles. The molecule has 0 aliphatic carbocycles. The van der Waals surface area contributed by atoms with Crippen LogP contribution in [-0.2, 0) is 4.79 Å². The Morgan fingerprint density at radius 1 is 1.19 bits per heavy atom. The van der Waals surface area contributed by atoms with Crippen LogP contribution in [0.25, 0.3) is 28.0 Å². The Kier molecular flexibility index (Phi) is 7.56. The highest BCUT2D eigenvalue weighted by atomic mass is 19.1. The number of benzene rings is 1. The van der Waals surface area contributed by atoms with Crippen LogP contribution in [0.3, 0.4) is 0 Å². The zero-order chi connectivity index (χ0) is 30.3. The number of fused-ring (bicyclic) bond motifs is 1. The van der Waals surface area contributed by atoms with Crippen molar-refractivity contribution in [3.63, 3.8) is 0 Å². The minimum absolute atomic E-state index is 0.0136. The quantitative estimate of drug-likeness (QED) is 0.322. The van der Waals surface area contributed by atoms with E-state index in [1.807, 2.05) is 32.6 Å². The number of carbonyl (C=O) groups excluding carboxylic acids is 1. The first-order chi connectivity index (χ1) is 20.0. The Bertz CT molecular complexity index is 1840. The topological polar surface area (TPSA) is 108 Å². The number of halogens is 2. The molecule has 0 radical (unpaired) electrons. The molecule has 4 aromatic rings. The zero-order valence-electron chi connectivity index (χ0n) is 23.7. The highest BCUT2D eigenvalue weighted by molar-refractivity contribution is 5.92. The number of rotatable bonds is 5. The summed E-state index contributed by atoms with van der Waals surface area (Å²) in [7, 11) is 0. The molecule has 0 unspecified atom stereocenters. The van der Waals surface area contributed by atoms with Crippen molar-refractivity contribution in [3.05, 3.63) is 88.1 Å². The third kappa shape index (κ3) is 4.89. The average molecular weight is 570 g/mol. The summed E-state index contributed by atoms with van der Waals surface area (Å²) in [5.41, 5.74) is 1.01. The van der Waals surface area contributed by atoms with E-state index in [9.17, 15) is 19.2 Å². The van der Waals surface area contributed by atoms with Crippen LogP contribution in [0.2, 0.25) is 0 Å². The Morgan fingerprint density at radius 2 is 1.95 bits per heavy atom. The van der Waals surface area contributed by atoms with Gasteiger partial charge in [0.2, 0.25) is 5.91 Å². The van der Waals surface area contributed by atoms with E-state index >= 15 is 4.39 Å². The van der Waals surface area contributed by atoms with Crippen LogP contribution < -0.4 is 10.6 Å². The minimum Gasteiger partial charge on any atom is -0.350 e. The van der Waals surface area contributed by atoms with E-state index in [2.05, 4.69) is 22.6 Å². The second kappa shape index (κ2) is 11.1. The molecule has 0 saturated carbocycles. The number of piperazine rings is 1. The average Bonchev–Trinajstić information content (AvgIpc) is 2.97. The van der Waals surface area contributed by atoms with Crippen LogP contribution in [-0.4, -0.2) is 56.0 Å². The molecule has 5 rings (SSSR count). The molecule has 0 bridgehead atoms. The van der Waals surface area contributed by atoms with Gasteiger partial charge in [0.25, 0.3) is 0 Å². The fourth-order valence-electron chi connectivity index (χ4n) is 5.41. The number of aryl methyl sites for hydroxylation is 1. The lowest BCUT2D eigenvalue weighted by molar-refractivity contribution is -0.126. The van der Waals surface area contributed by atoms with E-state index in [4.69, 9.17) is 4.98 Å². The fraction of sp³-hybridized carbons (Fsp3) is 0.290. The predicted octanol–water partition coefficient (Wildman–Crippen LogP) is 4.65. The van der Waals surface area contributed by atoms with E-state index in [0.29, 0.717) is 36.4 Å². The van der Waals surface area contributed by atoms with Crippen molar-refractivity contribution < 1.29 is 13.6 Å². The van der Waals surface area contributed by atoms with Gasteiger partial charge in [0.1, 0.15) is 23.5 Å². The highest BCUT2D eigenvalue weighted by Crippen LogP contribution is 2.34. The first kappa shape index (κ1) is 28.5. The monoisotopic (exact) mass is 569 g/mol. The molecule has 0 spiro atoms. The van der Waals surface area contributed by atoms with Gasteiger partial charge in [-0.25, -0.2) is 23.1 Å². The van der Waals surface area contributed by atoms with E-state index < -0.39 is 17.3 Å². The molecule has 0 N–H and O–H groups in total. The number of nitrogens with zero attached hydrogens (tertiary/aromatic N) is 7. The SMILES string of the molecule is C=CC(=O)N1CCN(c2nc(=O)n(-c3c(C)ccnc3C(C)C)c3nc(-c4cc(F)ccc4F)c(C#N)cc23)[C@@H](C)C1. The Labute approximate surface area is 241 Å². The molecule has 1 amide bonds.